The van der Waals surface area contributed by atoms with Gasteiger partial charge in [0.15, 0.2) is 0 Å². The van der Waals surface area contributed by atoms with Gasteiger partial charge in [0.25, 0.3) is 0 Å². The Morgan fingerprint density at radius 1 is 1.09 bits per heavy atom. The van der Waals surface area contributed by atoms with Gasteiger partial charge in [-0.3, -0.25) is 4.55 Å². The van der Waals surface area contributed by atoms with E-state index in [0.29, 0.717) is 5.56 Å². The summed E-state index contributed by atoms with van der Waals surface area (Å²) in [5, 5.41) is 9.77. The zero-order chi connectivity index (χ0) is 17.4. The van der Waals surface area contributed by atoms with Crippen LogP contribution < -0.4 is 0 Å². The maximum atomic E-state index is 11.5. The Morgan fingerprint density at radius 3 is 2.13 bits per heavy atom. The Kier molecular flexibility index (Phi) is 4.89. The first-order chi connectivity index (χ1) is 10.7. The fourth-order valence-corrected chi connectivity index (χ4v) is 5.47. The average Bonchev–Trinajstić information content (AvgIpc) is 2.87. The Hall–Kier alpha value is -1.37. The molecule has 23 heavy (non-hydrogen) atoms. The topological polar surface area (TPSA) is 74.6 Å². The van der Waals surface area contributed by atoms with Gasteiger partial charge in [-0.05, 0) is 55.5 Å². The fourth-order valence-electron chi connectivity index (χ4n) is 3.06. The van der Waals surface area contributed by atoms with Crippen LogP contribution in [0.5, 0.6) is 5.75 Å². The van der Waals surface area contributed by atoms with E-state index >= 15 is 0 Å². The van der Waals surface area contributed by atoms with Gasteiger partial charge in [-0.2, -0.15) is 8.42 Å². The van der Waals surface area contributed by atoms with Crippen molar-refractivity contribution in [1.82, 2.24) is 0 Å². The van der Waals surface area contributed by atoms with Crippen LogP contribution >= 0.6 is 11.3 Å². The van der Waals surface area contributed by atoms with E-state index in [2.05, 4.69) is 13.8 Å². The first kappa shape index (κ1) is 18.0. The molecule has 0 aliphatic carbocycles. The molecule has 1 heterocycles. The quantitative estimate of drug-likeness (QED) is 0.779. The molecule has 1 aromatic carbocycles. The zero-order valence-electron chi connectivity index (χ0n) is 13.8. The van der Waals surface area contributed by atoms with Gasteiger partial charge in [0, 0.05) is 10.3 Å². The molecule has 2 N–H and O–H groups in total. The van der Waals surface area contributed by atoms with Crippen molar-refractivity contribution in [2.75, 3.05) is 0 Å². The Morgan fingerprint density at radius 2 is 1.70 bits per heavy atom. The van der Waals surface area contributed by atoms with Gasteiger partial charge in [-0.25, -0.2) is 0 Å². The molecule has 4 nitrogen and oxygen atoms in total. The Bertz CT molecular complexity index is 815. The lowest BCUT2D eigenvalue weighted by Crippen LogP contribution is -2.24. The summed E-state index contributed by atoms with van der Waals surface area (Å²) in [7, 11) is -4.21. The summed E-state index contributed by atoms with van der Waals surface area (Å²) in [5.41, 5.74) is 2.06. The molecule has 0 radical (unpaired) electrons. The summed E-state index contributed by atoms with van der Waals surface area (Å²) in [6, 6.07) is 7.36. The molecule has 1 aromatic heterocycles. The third-order valence-corrected chi connectivity index (χ3v) is 7.44. The summed E-state index contributed by atoms with van der Waals surface area (Å²) in [6.07, 6.45) is 1.58. The minimum absolute atomic E-state index is 0.00859. The SMILES string of the molecule is CCC(CC)(c1ccc(O)c(C)c1)c1cc(C)c(S(=O)(=O)O)s1. The smallest absolute Gasteiger partial charge is 0.304 e. The van der Waals surface area contributed by atoms with E-state index < -0.39 is 10.1 Å². The summed E-state index contributed by atoms with van der Waals surface area (Å²) in [4.78, 5) is 0.915. The lowest BCUT2D eigenvalue weighted by Gasteiger charge is -2.32. The van der Waals surface area contributed by atoms with Crippen molar-refractivity contribution < 1.29 is 18.1 Å². The van der Waals surface area contributed by atoms with Crippen molar-refractivity contribution in [3.05, 3.63) is 45.8 Å². The number of phenolic OH excluding ortho intramolecular Hbond substituents is 1. The second-order valence-corrected chi connectivity index (χ2v) is 8.52. The Labute approximate surface area is 141 Å². The summed E-state index contributed by atoms with van der Waals surface area (Å²) in [6.45, 7) is 7.67. The van der Waals surface area contributed by atoms with E-state index in [9.17, 15) is 18.1 Å². The minimum atomic E-state index is -4.21. The second-order valence-electron chi connectivity index (χ2n) is 5.85. The third-order valence-electron chi connectivity index (χ3n) is 4.53. The summed E-state index contributed by atoms with van der Waals surface area (Å²) >= 11 is 1.13. The molecule has 0 aliphatic rings. The van der Waals surface area contributed by atoms with Crippen LogP contribution in [0.15, 0.2) is 28.5 Å². The van der Waals surface area contributed by atoms with Crippen molar-refractivity contribution in [1.29, 1.82) is 0 Å². The van der Waals surface area contributed by atoms with E-state index in [4.69, 9.17) is 0 Å². The number of aromatic hydroxyl groups is 1. The number of benzene rings is 1. The van der Waals surface area contributed by atoms with Crippen molar-refractivity contribution in [3.63, 3.8) is 0 Å². The van der Waals surface area contributed by atoms with Gasteiger partial charge in [0.05, 0.1) is 0 Å². The maximum Gasteiger partial charge on any atom is 0.304 e. The molecule has 126 valence electrons. The summed E-state index contributed by atoms with van der Waals surface area (Å²) in [5.74, 6) is 0.246. The standard InChI is InChI=1S/C17H22O4S2/c1-5-17(6-2,13-7-8-14(18)11(3)9-13)15-10-12(4)16(22-15)23(19,20)21/h7-10,18H,5-6H2,1-4H3,(H,19,20,21). The highest BCUT2D eigenvalue weighted by Crippen LogP contribution is 2.44. The van der Waals surface area contributed by atoms with E-state index in [1.54, 1.807) is 13.0 Å². The molecule has 0 bridgehead atoms. The van der Waals surface area contributed by atoms with Crippen LogP contribution in [0.1, 0.15) is 48.3 Å². The molecule has 0 saturated heterocycles. The third kappa shape index (κ3) is 3.16. The van der Waals surface area contributed by atoms with Gasteiger partial charge < -0.3 is 5.11 Å². The number of phenols is 1. The van der Waals surface area contributed by atoms with Crippen LogP contribution in [-0.4, -0.2) is 18.1 Å². The predicted molar refractivity (Wildman–Crippen MR) is 93.1 cm³/mol. The lowest BCUT2D eigenvalue weighted by molar-refractivity contribution is 0.464. The van der Waals surface area contributed by atoms with Gasteiger partial charge in [-0.1, -0.05) is 26.0 Å². The van der Waals surface area contributed by atoms with E-state index in [0.717, 1.165) is 40.2 Å². The van der Waals surface area contributed by atoms with Gasteiger partial charge in [-0.15, -0.1) is 11.3 Å². The van der Waals surface area contributed by atoms with Gasteiger partial charge in [0.1, 0.15) is 9.96 Å². The molecule has 6 heteroatoms. The van der Waals surface area contributed by atoms with Crippen LogP contribution in [0.2, 0.25) is 0 Å². The van der Waals surface area contributed by atoms with E-state index in [1.165, 1.54) is 0 Å². The van der Waals surface area contributed by atoms with Crippen molar-refractivity contribution in [3.8, 4) is 5.75 Å². The molecule has 0 spiro atoms. The van der Waals surface area contributed by atoms with Crippen LogP contribution in [0.25, 0.3) is 0 Å². The predicted octanol–water partition coefficient (Wildman–Crippen LogP) is 4.42. The normalized spacial score (nSPS) is 12.6. The zero-order valence-corrected chi connectivity index (χ0v) is 15.4. The number of rotatable bonds is 5. The molecule has 0 unspecified atom stereocenters. The first-order valence-corrected chi connectivity index (χ1v) is 9.80. The molecular weight excluding hydrogens is 332 g/mol. The highest BCUT2D eigenvalue weighted by atomic mass is 32.3. The average molecular weight is 354 g/mol. The fraction of sp³-hybridized carbons (Fsp3) is 0.412. The number of thiophene rings is 1. The van der Waals surface area contributed by atoms with E-state index in [1.807, 2.05) is 25.1 Å². The highest BCUT2D eigenvalue weighted by Gasteiger charge is 2.34. The molecular formula is C17H22O4S2. The van der Waals surface area contributed by atoms with Crippen molar-refractivity contribution in [2.24, 2.45) is 0 Å². The molecule has 2 aromatic rings. The van der Waals surface area contributed by atoms with Crippen LogP contribution in [0, 0.1) is 13.8 Å². The van der Waals surface area contributed by atoms with Gasteiger partial charge >= 0.3 is 10.1 Å². The monoisotopic (exact) mass is 354 g/mol. The van der Waals surface area contributed by atoms with E-state index in [-0.39, 0.29) is 15.4 Å². The van der Waals surface area contributed by atoms with Crippen molar-refractivity contribution in [2.45, 2.75) is 50.2 Å². The molecule has 0 atom stereocenters. The van der Waals surface area contributed by atoms with Crippen LogP contribution in [-0.2, 0) is 15.5 Å². The number of hydrogen-bond donors (Lipinski definition) is 2. The molecule has 0 amide bonds. The largest absolute Gasteiger partial charge is 0.508 e. The maximum absolute atomic E-state index is 11.5. The number of aryl methyl sites for hydroxylation is 2. The summed E-state index contributed by atoms with van der Waals surface area (Å²) < 4.78 is 32.5. The molecule has 2 rings (SSSR count). The minimum Gasteiger partial charge on any atom is -0.508 e. The first-order valence-electron chi connectivity index (χ1n) is 7.54. The number of hydrogen-bond acceptors (Lipinski definition) is 4. The molecule has 0 saturated carbocycles. The van der Waals surface area contributed by atoms with Crippen LogP contribution in [0.3, 0.4) is 0 Å². The van der Waals surface area contributed by atoms with Crippen LogP contribution in [0.4, 0.5) is 0 Å². The highest BCUT2D eigenvalue weighted by molar-refractivity contribution is 7.88. The second kappa shape index (κ2) is 6.26. The Balaban J connectivity index is 2.69. The molecule has 0 fully saturated rings. The molecule has 0 aliphatic heterocycles. The van der Waals surface area contributed by atoms with Crippen molar-refractivity contribution >= 4 is 21.5 Å². The lowest BCUT2D eigenvalue weighted by atomic mass is 9.74. The van der Waals surface area contributed by atoms with Gasteiger partial charge in [0.2, 0.25) is 0 Å².